The SMILES string of the molecule is CCOCCOCCCNC(=O)CCCCC[n+]1c2cc(CNC)ccc2cc2ccc(CNC)cc21. The van der Waals surface area contributed by atoms with Crippen LogP contribution in [0.1, 0.15) is 50.2 Å². The highest BCUT2D eigenvalue weighted by Crippen LogP contribution is 2.21. The van der Waals surface area contributed by atoms with Crippen LogP contribution in [0.4, 0.5) is 0 Å². The molecule has 37 heavy (non-hydrogen) atoms. The van der Waals surface area contributed by atoms with Gasteiger partial charge >= 0.3 is 0 Å². The standard InChI is InChI=1S/C30H44N4O3/c1-4-36-17-18-37-16-8-14-33-30(35)9-6-5-7-15-34-28-19-24(22-31-2)10-12-26(28)21-27-13-11-25(23-32-3)20-29(27)34/h10-13,19-21,31-32H,4-9,14-18,22-23H2,1-3H3/p+1. The van der Waals surface area contributed by atoms with E-state index in [1.807, 2.05) is 21.0 Å². The molecule has 0 aliphatic carbocycles. The van der Waals surface area contributed by atoms with Gasteiger partial charge in [-0.25, -0.2) is 0 Å². The van der Waals surface area contributed by atoms with Gasteiger partial charge in [0.1, 0.15) is 6.54 Å². The molecule has 0 spiro atoms. The molecule has 1 heterocycles. The Balaban J connectivity index is 1.54. The Bertz CT molecular complexity index is 1050. The molecule has 0 saturated carbocycles. The monoisotopic (exact) mass is 509 g/mol. The molecule has 202 valence electrons. The summed E-state index contributed by atoms with van der Waals surface area (Å²) in [6.45, 7) is 7.87. The van der Waals surface area contributed by atoms with Crippen molar-refractivity contribution >= 4 is 27.7 Å². The Morgan fingerprint density at radius 3 is 2.05 bits per heavy atom. The topological polar surface area (TPSA) is 75.5 Å². The van der Waals surface area contributed by atoms with E-state index < -0.39 is 0 Å². The highest BCUT2D eigenvalue weighted by Gasteiger charge is 2.16. The third kappa shape index (κ3) is 9.34. The minimum atomic E-state index is 0.131. The number of aromatic nitrogens is 1. The zero-order chi connectivity index (χ0) is 26.3. The number of hydrogen-bond acceptors (Lipinski definition) is 5. The van der Waals surface area contributed by atoms with Crippen molar-refractivity contribution in [3.05, 3.63) is 53.6 Å². The minimum absolute atomic E-state index is 0.131. The summed E-state index contributed by atoms with van der Waals surface area (Å²) < 4.78 is 13.2. The Hall–Kier alpha value is -2.58. The molecule has 1 amide bonds. The van der Waals surface area contributed by atoms with Gasteiger partial charge in [0, 0.05) is 68.6 Å². The number of nitrogens with one attached hydrogen (secondary N) is 3. The van der Waals surface area contributed by atoms with Crippen molar-refractivity contribution in [3.8, 4) is 0 Å². The molecule has 2 aromatic carbocycles. The quantitative estimate of drug-likeness (QED) is 0.138. The van der Waals surface area contributed by atoms with E-state index in [0.29, 0.717) is 39.4 Å². The van der Waals surface area contributed by atoms with Crippen LogP contribution in [0.5, 0.6) is 0 Å². The van der Waals surface area contributed by atoms with Crippen LogP contribution >= 0.6 is 0 Å². The summed E-state index contributed by atoms with van der Waals surface area (Å²) in [5.74, 6) is 0.131. The lowest BCUT2D eigenvalue weighted by atomic mass is 10.0. The predicted molar refractivity (Wildman–Crippen MR) is 151 cm³/mol. The number of ether oxygens (including phenoxy) is 2. The summed E-state index contributed by atoms with van der Waals surface area (Å²) in [4.78, 5) is 12.2. The normalized spacial score (nSPS) is 11.4. The molecule has 1 aromatic heterocycles. The van der Waals surface area contributed by atoms with Gasteiger partial charge in [0.15, 0.2) is 0 Å². The number of carbonyl (C=O) groups is 1. The summed E-state index contributed by atoms with van der Waals surface area (Å²) in [6, 6.07) is 15.8. The second kappa shape index (κ2) is 16.3. The number of hydrogen-bond donors (Lipinski definition) is 3. The molecule has 0 fully saturated rings. The molecule has 3 aromatic rings. The van der Waals surface area contributed by atoms with Crippen molar-refractivity contribution < 1.29 is 18.8 Å². The van der Waals surface area contributed by atoms with Crippen LogP contribution < -0.4 is 20.5 Å². The van der Waals surface area contributed by atoms with Gasteiger partial charge < -0.3 is 25.4 Å². The first kappa shape index (κ1) is 29.0. The number of carbonyl (C=O) groups excluding carboxylic acids is 1. The Morgan fingerprint density at radius 2 is 1.43 bits per heavy atom. The maximum atomic E-state index is 12.2. The molecule has 0 unspecified atom stereocenters. The zero-order valence-corrected chi connectivity index (χ0v) is 22.9. The molecule has 0 aliphatic rings. The summed E-state index contributed by atoms with van der Waals surface area (Å²) in [5, 5.41) is 12.1. The lowest BCUT2D eigenvalue weighted by Gasteiger charge is -2.10. The lowest BCUT2D eigenvalue weighted by Crippen LogP contribution is -2.36. The van der Waals surface area contributed by atoms with Crippen LogP contribution in [0.2, 0.25) is 0 Å². The van der Waals surface area contributed by atoms with Crippen LogP contribution in [0.25, 0.3) is 21.8 Å². The average molecular weight is 510 g/mol. The molecule has 0 aliphatic heterocycles. The fourth-order valence-corrected chi connectivity index (χ4v) is 4.64. The van der Waals surface area contributed by atoms with E-state index in [1.165, 1.54) is 32.9 Å². The first-order chi connectivity index (χ1) is 18.2. The maximum Gasteiger partial charge on any atom is 0.219 e. The van der Waals surface area contributed by atoms with Crippen molar-refractivity contribution in [1.82, 2.24) is 16.0 Å². The third-order valence-electron chi connectivity index (χ3n) is 6.49. The van der Waals surface area contributed by atoms with Gasteiger partial charge in [0.05, 0.1) is 13.2 Å². The average Bonchev–Trinajstić information content (AvgIpc) is 2.90. The molecular weight excluding hydrogens is 464 g/mol. The molecule has 3 N–H and O–H groups in total. The molecule has 3 rings (SSSR count). The number of pyridine rings is 1. The number of fused-ring (bicyclic) bond motifs is 2. The van der Waals surface area contributed by atoms with Gasteiger partial charge in [0.25, 0.3) is 0 Å². The Morgan fingerprint density at radius 1 is 0.784 bits per heavy atom. The van der Waals surface area contributed by atoms with Gasteiger partial charge in [-0.3, -0.25) is 4.79 Å². The molecule has 0 saturated heterocycles. The van der Waals surface area contributed by atoms with Gasteiger partial charge in [-0.1, -0.05) is 12.1 Å². The van der Waals surface area contributed by atoms with Crippen molar-refractivity contribution in [1.29, 1.82) is 0 Å². The molecule has 0 atom stereocenters. The Labute approximate surface area is 221 Å². The van der Waals surface area contributed by atoms with E-state index in [2.05, 4.69) is 63.0 Å². The third-order valence-corrected chi connectivity index (χ3v) is 6.49. The zero-order valence-electron chi connectivity index (χ0n) is 22.9. The predicted octanol–water partition coefficient (Wildman–Crippen LogP) is 3.84. The van der Waals surface area contributed by atoms with Crippen LogP contribution in [0.15, 0.2) is 42.5 Å². The second-order valence-electron chi connectivity index (χ2n) is 9.47. The summed E-state index contributed by atoms with van der Waals surface area (Å²) in [6.07, 6.45) is 4.35. The van der Waals surface area contributed by atoms with E-state index in [9.17, 15) is 4.79 Å². The molecule has 0 radical (unpaired) electrons. The van der Waals surface area contributed by atoms with Crippen LogP contribution in [-0.4, -0.2) is 53.0 Å². The van der Waals surface area contributed by atoms with Crippen molar-refractivity contribution in [3.63, 3.8) is 0 Å². The molecule has 7 heteroatoms. The number of aryl methyl sites for hydroxylation is 1. The Kier molecular flexibility index (Phi) is 12.8. The van der Waals surface area contributed by atoms with Crippen molar-refractivity contribution in [2.75, 3.05) is 47.1 Å². The first-order valence-corrected chi connectivity index (χ1v) is 13.8. The largest absolute Gasteiger partial charge is 0.379 e. The van der Waals surface area contributed by atoms with E-state index in [1.54, 1.807) is 0 Å². The van der Waals surface area contributed by atoms with E-state index in [0.717, 1.165) is 45.3 Å². The summed E-state index contributed by atoms with van der Waals surface area (Å²) >= 11 is 0. The smallest absolute Gasteiger partial charge is 0.219 e. The minimum Gasteiger partial charge on any atom is -0.379 e. The number of benzene rings is 2. The van der Waals surface area contributed by atoms with E-state index in [4.69, 9.17) is 9.47 Å². The van der Waals surface area contributed by atoms with Gasteiger partial charge in [-0.2, -0.15) is 4.57 Å². The fourth-order valence-electron chi connectivity index (χ4n) is 4.64. The van der Waals surface area contributed by atoms with Crippen LogP contribution in [-0.2, 0) is 33.9 Å². The van der Waals surface area contributed by atoms with Crippen LogP contribution in [0.3, 0.4) is 0 Å². The van der Waals surface area contributed by atoms with Gasteiger partial charge in [-0.15, -0.1) is 0 Å². The number of nitrogens with zero attached hydrogens (tertiary/aromatic N) is 1. The first-order valence-electron chi connectivity index (χ1n) is 13.8. The summed E-state index contributed by atoms with van der Waals surface area (Å²) in [7, 11) is 3.97. The summed E-state index contributed by atoms with van der Waals surface area (Å²) in [5.41, 5.74) is 5.10. The van der Waals surface area contributed by atoms with Gasteiger partial charge in [0.2, 0.25) is 16.9 Å². The highest BCUT2D eigenvalue weighted by atomic mass is 16.5. The number of amides is 1. The molecule has 0 bridgehead atoms. The van der Waals surface area contributed by atoms with Crippen LogP contribution in [0, 0.1) is 0 Å². The highest BCUT2D eigenvalue weighted by molar-refractivity contribution is 5.89. The fraction of sp³-hybridized carbons (Fsp3) is 0.533. The number of rotatable bonds is 18. The van der Waals surface area contributed by atoms with Crippen molar-refractivity contribution in [2.45, 2.75) is 58.7 Å². The van der Waals surface area contributed by atoms with E-state index >= 15 is 0 Å². The number of unbranched alkanes of at least 4 members (excludes halogenated alkanes) is 2. The molecule has 7 nitrogen and oxygen atoms in total. The van der Waals surface area contributed by atoms with Crippen molar-refractivity contribution in [2.24, 2.45) is 0 Å². The molecular formula is C30H45N4O3+. The second-order valence-corrected chi connectivity index (χ2v) is 9.47. The lowest BCUT2D eigenvalue weighted by molar-refractivity contribution is -0.645. The van der Waals surface area contributed by atoms with E-state index in [-0.39, 0.29) is 5.91 Å². The maximum absolute atomic E-state index is 12.2. The van der Waals surface area contributed by atoms with Gasteiger partial charge in [-0.05, 0) is 69.6 Å².